The molecule has 0 spiro atoms. The predicted molar refractivity (Wildman–Crippen MR) is 76.3 cm³/mol. The standard InChI is InChI=1S/C16H22O3/c1-13-7-8-15(14(12-13)6-5-10-17)19-11-9-16(2,3)18-4/h7-8,12,17H,9-11H2,1-4H3. The van der Waals surface area contributed by atoms with Crippen LogP contribution in [0.1, 0.15) is 31.4 Å². The van der Waals surface area contributed by atoms with Crippen LogP contribution in [0.2, 0.25) is 0 Å². The molecule has 0 heterocycles. The Morgan fingerprint density at radius 3 is 2.68 bits per heavy atom. The van der Waals surface area contributed by atoms with Crippen molar-refractivity contribution in [3.8, 4) is 17.6 Å². The van der Waals surface area contributed by atoms with Crippen LogP contribution in [0.5, 0.6) is 5.75 Å². The first-order valence-electron chi connectivity index (χ1n) is 6.37. The van der Waals surface area contributed by atoms with E-state index in [0.717, 1.165) is 23.3 Å². The zero-order valence-electron chi connectivity index (χ0n) is 12.1. The second kappa shape index (κ2) is 7.18. The normalized spacial score (nSPS) is 10.8. The Bertz CT molecular complexity index is 467. The Morgan fingerprint density at radius 1 is 1.32 bits per heavy atom. The first-order chi connectivity index (χ1) is 8.98. The van der Waals surface area contributed by atoms with Gasteiger partial charge in [0.15, 0.2) is 0 Å². The zero-order chi connectivity index (χ0) is 14.3. The summed E-state index contributed by atoms with van der Waals surface area (Å²) in [7, 11) is 1.70. The Labute approximate surface area is 115 Å². The fourth-order valence-corrected chi connectivity index (χ4v) is 1.51. The molecule has 0 unspecified atom stereocenters. The van der Waals surface area contributed by atoms with E-state index in [9.17, 15) is 0 Å². The van der Waals surface area contributed by atoms with Crippen molar-refractivity contribution in [2.24, 2.45) is 0 Å². The van der Waals surface area contributed by atoms with Gasteiger partial charge in [-0.1, -0.05) is 17.9 Å². The van der Waals surface area contributed by atoms with Gasteiger partial charge < -0.3 is 14.6 Å². The van der Waals surface area contributed by atoms with Crippen LogP contribution in [0, 0.1) is 18.8 Å². The number of aliphatic hydroxyl groups excluding tert-OH is 1. The van der Waals surface area contributed by atoms with Gasteiger partial charge in [0, 0.05) is 13.5 Å². The molecule has 0 atom stereocenters. The van der Waals surface area contributed by atoms with Crippen LogP contribution in [0.3, 0.4) is 0 Å². The van der Waals surface area contributed by atoms with Gasteiger partial charge in [-0.2, -0.15) is 0 Å². The van der Waals surface area contributed by atoms with E-state index in [1.54, 1.807) is 7.11 Å². The van der Waals surface area contributed by atoms with Crippen molar-refractivity contribution in [1.29, 1.82) is 0 Å². The summed E-state index contributed by atoms with van der Waals surface area (Å²) in [5.41, 5.74) is 1.73. The maximum absolute atomic E-state index is 8.77. The van der Waals surface area contributed by atoms with E-state index in [2.05, 4.69) is 11.8 Å². The third-order valence-corrected chi connectivity index (χ3v) is 2.95. The molecule has 0 aliphatic carbocycles. The second-order valence-corrected chi connectivity index (χ2v) is 5.02. The van der Waals surface area contributed by atoms with E-state index < -0.39 is 0 Å². The first-order valence-corrected chi connectivity index (χ1v) is 6.37. The van der Waals surface area contributed by atoms with Crippen molar-refractivity contribution in [2.45, 2.75) is 32.8 Å². The molecule has 0 radical (unpaired) electrons. The fraction of sp³-hybridized carbons (Fsp3) is 0.500. The lowest BCUT2D eigenvalue weighted by Crippen LogP contribution is -2.25. The third-order valence-electron chi connectivity index (χ3n) is 2.95. The quantitative estimate of drug-likeness (QED) is 0.829. The minimum atomic E-state index is -0.193. The lowest BCUT2D eigenvalue weighted by molar-refractivity contribution is 0.00543. The number of benzene rings is 1. The molecule has 1 aromatic carbocycles. The molecule has 0 aliphatic rings. The lowest BCUT2D eigenvalue weighted by atomic mass is 10.1. The van der Waals surface area contributed by atoms with Crippen molar-refractivity contribution in [1.82, 2.24) is 0 Å². The lowest BCUT2D eigenvalue weighted by Gasteiger charge is -2.22. The topological polar surface area (TPSA) is 38.7 Å². The van der Waals surface area contributed by atoms with Crippen LogP contribution in [0.25, 0.3) is 0 Å². The molecule has 0 saturated heterocycles. The summed E-state index contributed by atoms with van der Waals surface area (Å²) < 4.78 is 11.1. The molecule has 1 aromatic rings. The summed E-state index contributed by atoms with van der Waals surface area (Å²) in [5, 5.41) is 8.77. The summed E-state index contributed by atoms with van der Waals surface area (Å²) in [6.07, 6.45) is 0.796. The van der Waals surface area contributed by atoms with Crippen molar-refractivity contribution in [3.63, 3.8) is 0 Å². The van der Waals surface area contributed by atoms with Crippen LogP contribution in [-0.4, -0.2) is 31.0 Å². The Morgan fingerprint density at radius 2 is 2.05 bits per heavy atom. The largest absolute Gasteiger partial charge is 0.492 e. The molecule has 3 heteroatoms. The average Bonchev–Trinajstić information content (AvgIpc) is 2.38. The van der Waals surface area contributed by atoms with E-state index in [1.807, 2.05) is 39.0 Å². The van der Waals surface area contributed by atoms with E-state index >= 15 is 0 Å². The third kappa shape index (κ3) is 5.34. The zero-order valence-corrected chi connectivity index (χ0v) is 12.1. The van der Waals surface area contributed by atoms with Crippen LogP contribution < -0.4 is 4.74 Å². The van der Waals surface area contributed by atoms with Crippen molar-refractivity contribution < 1.29 is 14.6 Å². The molecule has 3 nitrogen and oxygen atoms in total. The molecule has 1 rings (SSSR count). The molecule has 0 bridgehead atoms. The Hall–Kier alpha value is -1.50. The smallest absolute Gasteiger partial charge is 0.134 e. The SMILES string of the molecule is COC(C)(C)CCOc1ccc(C)cc1C#CCO. The summed E-state index contributed by atoms with van der Waals surface area (Å²) in [5.74, 6) is 6.31. The van der Waals surface area contributed by atoms with Gasteiger partial charge in [0.2, 0.25) is 0 Å². The summed E-state index contributed by atoms with van der Waals surface area (Å²) in [6, 6.07) is 5.86. The van der Waals surface area contributed by atoms with Gasteiger partial charge in [0.25, 0.3) is 0 Å². The van der Waals surface area contributed by atoms with Gasteiger partial charge in [-0.3, -0.25) is 0 Å². The Balaban J connectivity index is 2.72. The van der Waals surface area contributed by atoms with Crippen LogP contribution >= 0.6 is 0 Å². The average molecular weight is 262 g/mol. The number of rotatable bonds is 5. The van der Waals surface area contributed by atoms with Gasteiger partial charge in [0.05, 0.1) is 17.8 Å². The van der Waals surface area contributed by atoms with Gasteiger partial charge in [-0.05, 0) is 38.5 Å². The molecular formula is C16H22O3. The van der Waals surface area contributed by atoms with Gasteiger partial charge >= 0.3 is 0 Å². The van der Waals surface area contributed by atoms with Gasteiger partial charge in [0.1, 0.15) is 12.4 Å². The maximum atomic E-state index is 8.77. The number of aliphatic hydroxyl groups is 1. The highest BCUT2D eigenvalue weighted by Gasteiger charge is 2.16. The molecule has 1 N–H and O–H groups in total. The van der Waals surface area contributed by atoms with Crippen molar-refractivity contribution >= 4 is 0 Å². The summed E-state index contributed by atoms with van der Waals surface area (Å²) in [6.45, 7) is 6.47. The number of aryl methyl sites for hydroxylation is 1. The fourth-order valence-electron chi connectivity index (χ4n) is 1.51. The van der Waals surface area contributed by atoms with Crippen LogP contribution in [0.15, 0.2) is 18.2 Å². The molecule has 19 heavy (non-hydrogen) atoms. The highest BCUT2D eigenvalue weighted by Crippen LogP contribution is 2.21. The molecular weight excluding hydrogens is 240 g/mol. The minimum absolute atomic E-state index is 0.149. The summed E-state index contributed by atoms with van der Waals surface area (Å²) in [4.78, 5) is 0. The summed E-state index contributed by atoms with van der Waals surface area (Å²) >= 11 is 0. The molecule has 0 amide bonds. The number of methoxy groups -OCH3 is 1. The van der Waals surface area contributed by atoms with Crippen molar-refractivity contribution in [3.05, 3.63) is 29.3 Å². The number of hydrogen-bond donors (Lipinski definition) is 1. The van der Waals surface area contributed by atoms with Crippen LogP contribution in [-0.2, 0) is 4.74 Å². The second-order valence-electron chi connectivity index (χ2n) is 5.02. The number of hydrogen-bond acceptors (Lipinski definition) is 3. The van der Waals surface area contributed by atoms with Gasteiger partial charge in [-0.25, -0.2) is 0 Å². The first kappa shape index (κ1) is 15.6. The molecule has 0 aliphatic heterocycles. The highest BCUT2D eigenvalue weighted by molar-refractivity contribution is 5.48. The Kier molecular flexibility index (Phi) is 5.88. The highest BCUT2D eigenvalue weighted by atomic mass is 16.5. The van der Waals surface area contributed by atoms with E-state index in [4.69, 9.17) is 14.6 Å². The van der Waals surface area contributed by atoms with E-state index in [-0.39, 0.29) is 12.2 Å². The number of ether oxygens (including phenoxy) is 2. The monoisotopic (exact) mass is 262 g/mol. The van der Waals surface area contributed by atoms with Crippen LogP contribution in [0.4, 0.5) is 0 Å². The molecule has 0 saturated carbocycles. The predicted octanol–water partition coefficient (Wildman–Crippen LogP) is 2.53. The molecule has 104 valence electrons. The van der Waals surface area contributed by atoms with E-state index in [1.165, 1.54) is 0 Å². The molecule has 0 aromatic heterocycles. The maximum Gasteiger partial charge on any atom is 0.134 e. The van der Waals surface area contributed by atoms with Gasteiger partial charge in [-0.15, -0.1) is 0 Å². The van der Waals surface area contributed by atoms with Crippen molar-refractivity contribution in [2.75, 3.05) is 20.3 Å². The molecule has 0 fully saturated rings. The minimum Gasteiger partial charge on any atom is -0.492 e. The van der Waals surface area contributed by atoms with E-state index in [0.29, 0.717) is 6.61 Å².